The van der Waals surface area contributed by atoms with Crippen molar-refractivity contribution in [1.29, 1.82) is 0 Å². The molecule has 5 aromatic rings. The summed E-state index contributed by atoms with van der Waals surface area (Å²) in [5.41, 5.74) is 7.01. The Balaban J connectivity index is 1.59. The van der Waals surface area contributed by atoms with Crippen LogP contribution in [0.1, 0.15) is 16.8 Å². The molecule has 0 aliphatic heterocycles. The summed E-state index contributed by atoms with van der Waals surface area (Å²) < 4.78 is 1.69. The summed E-state index contributed by atoms with van der Waals surface area (Å²) in [6, 6.07) is 27.3. The average Bonchev–Trinajstić information content (AvgIpc) is 2.86. The number of benzene rings is 4. The maximum atomic E-state index is 10.5. The van der Waals surface area contributed by atoms with Crippen molar-refractivity contribution in [2.75, 3.05) is 0 Å². The van der Waals surface area contributed by atoms with Gasteiger partial charge in [0, 0.05) is 19.9 Å². The average molecular weight is 588 g/mol. The third-order valence-electron chi connectivity index (χ3n) is 5.54. The highest BCUT2D eigenvalue weighted by Gasteiger charge is 2.12. The van der Waals surface area contributed by atoms with E-state index in [1.807, 2.05) is 85.8 Å². The van der Waals surface area contributed by atoms with Gasteiger partial charge < -0.3 is 5.11 Å². The summed E-state index contributed by atoms with van der Waals surface area (Å²) in [5, 5.41) is 17.9. The number of para-hydroxylation sites is 1. The molecule has 0 fully saturated rings. The van der Waals surface area contributed by atoms with Crippen molar-refractivity contribution in [3.8, 4) is 5.75 Å². The van der Waals surface area contributed by atoms with Crippen molar-refractivity contribution in [2.45, 2.75) is 6.92 Å². The molecule has 1 aromatic heterocycles. The molecule has 4 aromatic carbocycles. The first-order valence-electron chi connectivity index (χ1n) is 10.9. The lowest BCUT2D eigenvalue weighted by Crippen LogP contribution is -2.20. The van der Waals surface area contributed by atoms with Gasteiger partial charge in [0.2, 0.25) is 0 Å². The molecule has 1 heterocycles. The van der Waals surface area contributed by atoms with Gasteiger partial charge in [-0.25, -0.2) is 9.98 Å². The van der Waals surface area contributed by atoms with Crippen LogP contribution < -0.4 is 5.43 Å². The Hall–Kier alpha value is -3.55. The van der Waals surface area contributed by atoms with Gasteiger partial charge in [0.1, 0.15) is 11.4 Å². The third kappa shape index (κ3) is 4.97. The van der Waals surface area contributed by atoms with Crippen molar-refractivity contribution in [3.05, 3.63) is 111 Å². The van der Waals surface area contributed by atoms with Gasteiger partial charge in [-0.2, -0.15) is 5.10 Å². The second-order valence-corrected chi connectivity index (χ2v) is 9.72. The molecular weight excluding hydrogens is 568 g/mol. The number of hydrazone groups is 1. The molecule has 0 aliphatic rings. The number of nitrogens with zero attached hydrogens (tertiary/aromatic N) is 3. The molecule has 0 aliphatic carbocycles. The number of fused-ring (bicyclic) bond motifs is 2. The molecule has 0 unspecified atom stereocenters. The number of rotatable bonds is 4. The summed E-state index contributed by atoms with van der Waals surface area (Å²) in [6.45, 7) is 2.02. The van der Waals surface area contributed by atoms with Crippen molar-refractivity contribution < 1.29 is 5.11 Å². The fraction of sp³-hybridized carbons (Fsp3) is 0.0357. The molecule has 5 rings (SSSR count). The van der Waals surface area contributed by atoms with E-state index in [-0.39, 0.29) is 5.75 Å². The zero-order chi connectivity index (χ0) is 24.4. The second kappa shape index (κ2) is 9.98. The van der Waals surface area contributed by atoms with E-state index in [1.165, 1.54) is 0 Å². The van der Waals surface area contributed by atoms with E-state index in [4.69, 9.17) is 9.98 Å². The molecule has 5 nitrogen and oxygen atoms in total. The molecule has 35 heavy (non-hydrogen) atoms. The fourth-order valence-corrected chi connectivity index (χ4v) is 5.42. The minimum atomic E-state index is 0.153. The Morgan fingerprint density at radius 1 is 0.886 bits per heavy atom. The van der Waals surface area contributed by atoms with E-state index in [9.17, 15) is 5.11 Å². The van der Waals surface area contributed by atoms with Crippen LogP contribution in [-0.4, -0.2) is 22.1 Å². The second-order valence-electron chi connectivity index (χ2n) is 8.02. The minimum absolute atomic E-state index is 0.153. The van der Waals surface area contributed by atoms with Crippen LogP contribution in [0, 0.1) is 6.92 Å². The zero-order valence-electron chi connectivity index (χ0n) is 18.7. The van der Waals surface area contributed by atoms with E-state index in [2.05, 4.69) is 42.4 Å². The van der Waals surface area contributed by atoms with E-state index >= 15 is 0 Å². The van der Waals surface area contributed by atoms with Crippen LogP contribution in [0.25, 0.3) is 21.7 Å². The number of phenolic OH excluding ortho intramolecular Hbond substituents is 1. The van der Waals surface area contributed by atoms with Crippen LogP contribution in [-0.2, 0) is 0 Å². The molecule has 0 spiro atoms. The lowest BCUT2D eigenvalue weighted by Gasteiger charge is -2.10. The topological polar surface area (TPSA) is 69.9 Å². The van der Waals surface area contributed by atoms with Crippen molar-refractivity contribution in [1.82, 2.24) is 10.4 Å². The molecule has 0 bridgehead atoms. The first kappa shape index (κ1) is 23.2. The summed E-state index contributed by atoms with van der Waals surface area (Å²) in [7, 11) is 0. The third-order valence-corrected chi connectivity index (χ3v) is 6.75. The minimum Gasteiger partial charge on any atom is -0.507 e. The SMILES string of the molecule is Cc1cc(Br)c(N=C(N/N=C/c2c(O)ccc3ccccc23)c2ccc3ccccc3n2)c(Br)c1. The standard InChI is InChI=1S/C28H20Br2N4O/c1-17-14-22(29)27(23(30)15-17)33-28(25-12-10-19-7-3-5-9-24(19)32-25)34-31-16-21-20-8-4-2-6-18(20)11-13-26(21)35/h2-16,35H,1H3,(H,33,34)/b31-16+. The fourth-order valence-electron chi connectivity index (χ4n) is 3.83. The Morgan fingerprint density at radius 3 is 2.37 bits per heavy atom. The molecule has 2 N–H and O–H groups in total. The summed E-state index contributed by atoms with van der Waals surface area (Å²) in [6.07, 6.45) is 1.60. The predicted molar refractivity (Wildman–Crippen MR) is 151 cm³/mol. The molecule has 0 radical (unpaired) electrons. The van der Waals surface area contributed by atoms with Crippen LogP contribution in [0.15, 0.2) is 104 Å². The maximum absolute atomic E-state index is 10.5. The first-order chi connectivity index (χ1) is 17.0. The van der Waals surface area contributed by atoms with Crippen LogP contribution in [0.2, 0.25) is 0 Å². The number of hydrogen-bond acceptors (Lipinski definition) is 4. The van der Waals surface area contributed by atoms with Gasteiger partial charge in [0.25, 0.3) is 0 Å². The van der Waals surface area contributed by atoms with Crippen molar-refractivity contribution >= 4 is 71.3 Å². The Labute approximate surface area is 219 Å². The monoisotopic (exact) mass is 586 g/mol. The summed E-state index contributed by atoms with van der Waals surface area (Å²) in [5.74, 6) is 0.623. The Kier molecular flexibility index (Phi) is 6.61. The van der Waals surface area contributed by atoms with Gasteiger partial charge in [-0.15, -0.1) is 0 Å². The summed E-state index contributed by atoms with van der Waals surface area (Å²) >= 11 is 7.25. The highest BCUT2D eigenvalue weighted by molar-refractivity contribution is 9.11. The van der Waals surface area contributed by atoms with Crippen LogP contribution in [0.5, 0.6) is 5.75 Å². The first-order valence-corrected chi connectivity index (χ1v) is 12.5. The lowest BCUT2D eigenvalue weighted by atomic mass is 10.0. The number of nitrogens with one attached hydrogen (secondary N) is 1. The summed E-state index contributed by atoms with van der Waals surface area (Å²) in [4.78, 5) is 9.66. The number of halogens is 2. The number of aliphatic imine (C=N–C) groups is 1. The van der Waals surface area contributed by atoms with Crippen LogP contribution >= 0.6 is 31.9 Å². The largest absolute Gasteiger partial charge is 0.507 e. The molecule has 0 saturated carbocycles. The maximum Gasteiger partial charge on any atom is 0.173 e. The number of phenols is 1. The van der Waals surface area contributed by atoms with Gasteiger partial charge in [-0.1, -0.05) is 54.6 Å². The van der Waals surface area contributed by atoms with Gasteiger partial charge in [-0.3, -0.25) is 5.43 Å². The van der Waals surface area contributed by atoms with E-state index < -0.39 is 0 Å². The predicted octanol–water partition coefficient (Wildman–Crippen LogP) is 7.63. The van der Waals surface area contributed by atoms with Crippen LogP contribution in [0.4, 0.5) is 5.69 Å². The molecule has 172 valence electrons. The highest BCUT2D eigenvalue weighted by Crippen LogP contribution is 2.35. The molecule has 7 heteroatoms. The van der Waals surface area contributed by atoms with E-state index in [1.54, 1.807) is 12.3 Å². The van der Waals surface area contributed by atoms with Gasteiger partial charge in [-0.05, 0) is 85.5 Å². The molecule has 0 amide bonds. The van der Waals surface area contributed by atoms with E-state index in [0.29, 0.717) is 17.1 Å². The van der Waals surface area contributed by atoms with Gasteiger partial charge >= 0.3 is 0 Å². The quantitative estimate of drug-likeness (QED) is 0.129. The number of aromatic hydroxyl groups is 1. The Bertz CT molecular complexity index is 1610. The zero-order valence-corrected chi connectivity index (χ0v) is 21.9. The number of pyridine rings is 1. The van der Waals surface area contributed by atoms with Gasteiger partial charge in [0.15, 0.2) is 5.84 Å². The molecule has 0 saturated heterocycles. The van der Waals surface area contributed by atoms with Crippen LogP contribution in [0.3, 0.4) is 0 Å². The van der Waals surface area contributed by atoms with Crippen molar-refractivity contribution in [3.63, 3.8) is 0 Å². The Morgan fingerprint density at radius 2 is 1.57 bits per heavy atom. The van der Waals surface area contributed by atoms with E-state index in [0.717, 1.165) is 41.9 Å². The smallest absolute Gasteiger partial charge is 0.173 e. The number of aromatic nitrogens is 1. The lowest BCUT2D eigenvalue weighted by molar-refractivity contribution is 0.475. The molecule has 0 atom stereocenters. The van der Waals surface area contributed by atoms with Crippen molar-refractivity contribution in [2.24, 2.45) is 10.1 Å². The number of amidine groups is 1. The number of hydrogen-bond donors (Lipinski definition) is 2. The normalized spacial score (nSPS) is 12.0. The highest BCUT2D eigenvalue weighted by atomic mass is 79.9. The molecular formula is C28H20Br2N4O. The van der Waals surface area contributed by atoms with Gasteiger partial charge in [0.05, 0.1) is 17.4 Å². The number of aryl methyl sites for hydroxylation is 1.